The SMILES string of the molecule is CCCC(O)c1ccc(OC/C=C/C(=O)Oc2cc3c4cc(OC(=O)/C=C/COc5ccc(O)cc5)c(OC(=O)/C=C/COc5ccc(O)cc5)cc4c4cc(OC(=O)/C=C/COc5ccc(O)cc5)c(OC(=O)/C=C/COc5ccc(O)cc5)cc4c3cc2OC(=O)/C=C/COc2ccc(C(O)CCC)cc2)cc1. The maximum absolute atomic E-state index is 14.1. The normalized spacial score (nSPS) is 12.1. The fourth-order valence-electron chi connectivity index (χ4n) is 10.7. The number of esters is 6. The highest BCUT2D eigenvalue weighted by atomic mass is 16.6. The predicted molar refractivity (Wildman–Crippen MR) is 406 cm³/mol. The lowest BCUT2D eigenvalue weighted by Crippen LogP contribution is -2.11. The fourth-order valence-corrected chi connectivity index (χ4v) is 10.7. The first kappa shape index (κ1) is 78.7. The van der Waals surface area contributed by atoms with Crippen molar-refractivity contribution in [3.05, 3.63) is 266 Å². The molecule has 10 rings (SSSR count). The van der Waals surface area contributed by atoms with Gasteiger partial charge in [-0.05, 0) is 250 Å². The molecule has 24 heteroatoms. The number of aliphatic hydroxyl groups is 2. The molecular formula is C86H76O24. The maximum atomic E-state index is 14.1. The Morgan fingerprint density at radius 2 is 0.436 bits per heavy atom. The number of hydrogen-bond donors (Lipinski definition) is 6. The van der Waals surface area contributed by atoms with E-state index in [1.165, 1.54) is 170 Å². The van der Waals surface area contributed by atoms with Crippen LogP contribution in [0.5, 0.6) is 92.0 Å². The van der Waals surface area contributed by atoms with Gasteiger partial charge in [0.05, 0.1) is 12.2 Å². The molecule has 0 spiro atoms. The zero-order valence-electron chi connectivity index (χ0n) is 59.5. The van der Waals surface area contributed by atoms with Crippen LogP contribution in [0.4, 0.5) is 0 Å². The van der Waals surface area contributed by atoms with Crippen molar-refractivity contribution in [1.82, 2.24) is 0 Å². The van der Waals surface area contributed by atoms with Crippen LogP contribution < -0.4 is 56.8 Å². The van der Waals surface area contributed by atoms with Crippen LogP contribution in [-0.4, -0.2) is 106 Å². The van der Waals surface area contributed by atoms with Gasteiger partial charge < -0.3 is 87.5 Å². The minimum absolute atomic E-state index is 0.00295. The van der Waals surface area contributed by atoms with E-state index >= 15 is 0 Å². The van der Waals surface area contributed by atoms with E-state index in [9.17, 15) is 59.4 Å². The number of carbonyl (C=O) groups is 6. The number of phenolic OH excluding ortho intramolecular Hbond substituents is 4. The average molecular weight is 1490 g/mol. The standard InChI is InChI=1S/C86H76O24/c1-3-11-73(91)55-19-31-61(32-20-55)99-43-5-13-81(93)105-75-49-67-68(50-76(75)106-82(94)14-6-44-100-62-33-21-56(22-34-62)74(92)12-4-2)70-52-78(108-84(96)16-8-46-102-64-37-25-58(88)26-38-64)80(110-86(98)18-10-48-104-66-41-29-60(90)30-42-66)54-72(70)71-53-79(109-85(97)17-9-47-103-65-39-27-59(89)28-40-65)77(51-69(67)71)107-83(95)15-7-45-101-63-35-23-57(87)24-36-63/h5-10,13-42,49-54,73-74,87-92H,3-4,11-12,43-48H2,1-2H3/b13-5+,14-6+,15-7+,16-8+,17-9+,18-10+. The topological polar surface area (TPSA) is 335 Å². The van der Waals surface area contributed by atoms with E-state index in [0.29, 0.717) is 58.5 Å². The van der Waals surface area contributed by atoms with Gasteiger partial charge in [0.25, 0.3) is 0 Å². The van der Waals surface area contributed by atoms with Crippen molar-refractivity contribution in [1.29, 1.82) is 0 Å². The smallest absolute Gasteiger partial charge is 0.336 e. The van der Waals surface area contributed by atoms with E-state index < -0.39 is 48.0 Å². The summed E-state index contributed by atoms with van der Waals surface area (Å²) in [6, 6.07) is 45.1. The molecule has 0 saturated heterocycles. The van der Waals surface area contributed by atoms with Crippen molar-refractivity contribution in [2.24, 2.45) is 0 Å². The monoisotopic (exact) mass is 1490 g/mol. The number of carbonyl (C=O) groups excluding carboxylic acids is 6. The summed E-state index contributed by atoms with van der Waals surface area (Å²) in [4.78, 5) is 84.3. The molecule has 110 heavy (non-hydrogen) atoms. The molecule has 0 radical (unpaired) electrons. The summed E-state index contributed by atoms with van der Waals surface area (Å²) in [5.74, 6) is -5.80. The van der Waals surface area contributed by atoms with Crippen LogP contribution in [-0.2, 0) is 28.8 Å². The van der Waals surface area contributed by atoms with Crippen LogP contribution in [0.2, 0.25) is 0 Å². The molecule has 564 valence electrons. The lowest BCUT2D eigenvalue weighted by molar-refractivity contribution is -0.131. The molecule has 0 saturated carbocycles. The molecule has 0 amide bonds. The Hall–Kier alpha value is -13.8. The fraction of sp³-hybridized carbons (Fsp3) is 0.163. The number of aromatic hydroxyl groups is 4. The van der Waals surface area contributed by atoms with Gasteiger partial charge in [-0.1, -0.05) is 51.0 Å². The number of ether oxygens (including phenoxy) is 12. The highest BCUT2D eigenvalue weighted by Gasteiger charge is 2.25. The van der Waals surface area contributed by atoms with Gasteiger partial charge in [-0.15, -0.1) is 0 Å². The molecule has 0 aliphatic heterocycles. The van der Waals surface area contributed by atoms with Gasteiger partial charge >= 0.3 is 35.8 Å². The summed E-state index contributed by atoms with van der Waals surface area (Å²) >= 11 is 0. The first-order valence-electron chi connectivity index (χ1n) is 34.7. The van der Waals surface area contributed by atoms with Crippen molar-refractivity contribution in [3.8, 4) is 92.0 Å². The van der Waals surface area contributed by atoms with E-state index in [1.807, 2.05) is 13.8 Å². The van der Waals surface area contributed by atoms with E-state index in [2.05, 4.69) is 0 Å². The summed E-state index contributed by atoms with van der Waals surface area (Å²) < 4.78 is 70.6. The molecule has 10 aromatic carbocycles. The van der Waals surface area contributed by atoms with Gasteiger partial charge in [0.1, 0.15) is 97.1 Å². The molecule has 2 atom stereocenters. The Balaban J connectivity index is 1.10. The average Bonchev–Trinajstić information content (AvgIpc) is 0.723. The Morgan fingerprint density at radius 3 is 0.600 bits per heavy atom. The molecule has 0 aliphatic rings. The molecule has 2 unspecified atom stereocenters. The molecular weight excluding hydrogens is 1420 g/mol. The zero-order chi connectivity index (χ0) is 77.7. The number of fused-ring (bicyclic) bond motifs is 6. The van der Waals surface area contributed by atoms with Crippen LogP contribution in [0.25, 0.3) is 32.3 Å². The zero-order valence-corrected chi connectivity index (χ0v) is 59.5. The Bertz CT molecular complexity index is 4530. The second kappa shape index (κ2) is 39.5. The van der Waals surface area contributed by atoms with Crippen LogP contribution in [0, 0.1) is 0 Å². The van der Waals surface area contributed by atoms with E-state index in [-0.39, 0.29) is 129 Å². The quantitative estimate of drug-likeness (QED) is 0.00919. The molecule has 6 N–H and O–H groups in total. The number of hydrogen-bond acceptors (Lipinski definition) is 24. The van der Waals surface area contributed by atoms with Gasteiger partial charge in [0.2, 0.25) is 0 Å². The predicted octanol–water partition coefficient (Wildman–Crippen LogP) is 14.9. The maximum Gasteiger partial charge on any atom is 0.336 e. The summed E-state index contributed by atoms with van der Waals surface area (Å²) in [6.07, 6.45) is 15.9. The van der Waals surface area contributed by atoms with E-state index in [4.69, 9.17) is 56.8 Å². The van der Waals surface area contributed by atoms with E-state index in [0.717, 1.165) is 49.3 Å². The van der Waals surface area contributed by atoms with Gasteiger partial charge in [0, 0.05) is 36.5 Å². The van der Waals surface area contributed by atoms with Gasteiger partial charge in [-0.2, -0.15) is 0 Å². The third-order valence-corrected chi connectivity index (χ3v) is 16.0. The highest BCUT2D eigenvalue weighted by Crippen LogP contribution is 2.48. The molecule has 0 aliphatic carbocycles. The first-order valence-corrected chi connectivity index (χ1v) is 34.7. The summed E-state index contributed by atoms with van der Waals surface area (Å²) in [5, 5.41) is 61.1. The lowest BCUT2D eigenvalue weighted by Gasteiger charge is -2.18. The lowest BCUT2D eigenvalue weighted by atomic mass is 9.93. The van der Waals surface area contributed by atoms with Crippen molar-refractivity contribution >= 4 is 68.1 Å². The molecule has 24 nitrogen and oxygen atoms in total. The highest BCUT2D eigenvalue weighted by molar-refractivity contribution is 6.27. The van der Waals surface area contributed by atoms with Crippen LogP contribution in [0.15, 0.2) is 255 Å². The van der Waals surface area contributed by atoms with Crippen molar-refractivity contribution in [2.75, 3.05) is 39.6 Å². The van der Waals surface area contributed by atoms with Gasteiger partial charge in [-0.3, -0.25) is 0 Å². The molecule has 0 heterocycles. The molecule has 0 fully saturated rings. The van der Waals surface area contributed by atoms with Crippen LogP contribution >= 0.6 is 0 Å². The van der Waals surface area contributed by atoms with Crippen molar-refractivity contribution < 1.29 is 116 Å². The molecule has 10 aromatic rings. The second-order valence-corrected chi connectivity index (χ2v) is 24.1. The third-order valence-electron chi connectivity index (χ3n) is 16.0. The summed E-state index contributed by atoms with van der Waals surface area (Å²) in [7, 11) is 0. The third kappa shape index (κ3) is 23.6. The first-order chi connectivity index (χ1) is 53.3. The van der Waals surface area contributed by atoms with Crippen molar-refractivity contribution in [3.63, 3.8) is 0 Å². The van der Waals surface area contributed by atoms with Gasteiger partial charge in [-0.25, -0.2) is 28.8 Å². The number of aliphatic hydroxyl groups excluding tert-OH is 2. The number of benzene rings is 10. The Labute approximate surface area is 630 Å². The minimum atomic E-state index is -0.998. The second-order valence-electron chi connectivity index (χ2n) is 24.1. The Morgan fingerprint density at radius 1 is 0.273 bits per heavy atom. The van der Waals surface area contributed by atoms with Crippen molar-refractivity contribution in [2.45, 2.75) is 51.7 Å². The van der Waals surface area contributed by atoms with Crippen LogP contribution in [0.3, 0.4) is 0 Å². The minimum Gasteiger partial charge on any atom is -0.508 e. The summed E-state index contributed by atoms with van der Waals surface area (Å²) in [5.41, 5.74) is 1.41. The molecule has 0 bridgehead atoms. The largest absolute Gasteiger partial charge is 0.508 e. The summed E-state index contributed by atoms with van der Waals surface area (Å²) in [6.45, 7) is 3.08. The van der Waals surface area contributed by atoms with E-state index in [1.54, 1.807) is 48.5 Å². The number of rotatable bonds is 36. The molecule has 0 aromatic heterocycles. The van der Waals surface area contributed by atoms with Gasteiger partial charge in [0.15, 0.2) is 34.5 Å². The number of phenols is 4. The Kier molecular flexibility index (Phi) is 28.3. The van der Waals surface area contributed by atoms with Crippen LogP contribution in [0.1, 0.15) is 62.9 Å².